The molecule has 0 aliphatic carbocycles. The molecule has 32 heavy (non-hydrogen) atoms. The van der Waals surface area contributed by atoms with Gasteiger partial charge in [-0.15, -0.1) is 0 Å². The molecule has 0 saturated carbocycles. The first-order valence-corrected chi connectivity index (χ1v) is 12.8. The van der Waals surface area contributed by atoms with Gasteiger partial charge in [0.25, 0.3) is 0 Å². The van der Waals surface area contributed by atoms with E-state index in [0.717, 1.165) is 5.56 Å². The Morgan fingerprint density at radius 2 is 1.69 bits per heavy atom. The van der Waals surface area contributed by atoms with Crippen LogP contribution in [0.4, 0.5) is 5.69 Å². The van der Waals surface area contributed by atoms with Gasteiger partial charge in [-0.2, -0.15) is 4.31 Å². The standard InChI is InChI=1S/C20H25N3O7S2/c1-29-19-8-7-17(32(27,28)23-10-12-30-13-11-23)14-18(19)22-20(24)9-4-15-2-5-16(6-3-15)31(21,25)26/h2-3,5-8,14H,4,9-13H2,1H3,(H,22,24)(H2,21,25,26). The Balaban J connectivity index is 1.70. The number of aryl methyl sites for hydroxylation is 1. The fourth-order valence-electron chi connectivity index (χ4n) is 3.20. The summed E-state index contributed by atoms with van der Waals surface area (Å²) in [6.07, 6.45) is 0.448. The number of nitrogens with zero attached hydrogens (tertiary/aromatic N) is 1. The van der Waals surface area contributed by atoms with Crippen LogP contribution in [0.1, 0.15) is 12.0 Å². The van der Waals surface area contributed by atoms with Crippen molar-refractivity contribution in [2.24, 2.45) is 5.14 Å². The van der Waals surface area contributed by atoms with E-state index in [9.17, 15) is 21.6 Å². The van der Waals surface area contributed by atoms with E-state index in [2.05, 4.69) is 5.32 Å². The minimum Gasteiger partial charge on any atom is -0.495 e. The molecule has 3 N–H and O–H groups in total. The summed E-state index contributed by atoms with van der Waals surface area (Å²) >= 11 is 0. The molecule has 1 aliphatic heterocycles. The van der Waals surface area contributed by atoms with Gasteiger partial charge in [0.2, 0.25) is 26.0 Å². The second kappa shape index (κ2) is 9.96. The highest BCUT2D eigenvalue weighted by Gasteiger charge is 2.27. The second-order valence-electron chi connectivity index (χ2n) is 7.12. The number of amides is 1. The van der Waals surface area contributed by atoms with Crippen LogP contribution in [-0.4, -0.2) is 60.5 Å². The minimum atomic E-state index is -3.78. The van der Waals surface area contributed by atoms with E-state index in [0.29, 0.717) is 25.4 Å². The topological polar surface area (TPSA) is 145 Å². The number of nitrogens with one attached hydrogen (secondary N) is 1. The normalized spacial score (nSPS) is 15.3. The molecule has 1 amide bonds. The molecule has 12 heteroatoms. The molecule has 1 fully saturated rings. The lowest BCUT2D eigenvalue weighted by atomic mass is 10.1. The van der Waals surface area contributed by atoms with Crippen molar-refractivity contribution in [3.8, 4) is 5.75 Å². The molecule has 1 heterocycles. The molecule has 0 radical (unpaired) electrons. The van der Waals surface area contributed by atoms with E-state index < -0.39 is 20.0 Å². The molecule has 0 unspecified atom stereocenters. The number of anilines is 1. The first kappa shape index (κ1) is 24.1. The van der Waals surface area contributed by atoms with Gasteiger partial charge in [0.1, 0.15) is 5.75 Å². The van der Waals surface area contributed by atoms with Crippen molar-refractivity contribution in [3.05, 3.63) is 48.0 Å². The predicted octanol–water partition coefficient (Wildman–Crippen LogP) is 0.935. The molecule has 3 rings (SSSR count). The van der Waals surface area contributed by atoms with Crippen LogP contribution in [0.3, 0.4) is 0 Å². The van der Waals surface area contributed by atoms with Gasteiger partial charge in [0, 0.05) is 19.5 Å². The number of morpholine rings is 1. The lowest BCUT2D eigenvalue weighted by Gasteiger charge is -2.26. The van der Waals surface area contributed by atoms with Crippen LogP contribution >= 0.6 is 0 Å². The molecule has 0 aromatic heterocycles. The van der Waals surface area contributed by atoms with E-state index in [4.69, 9.17) is 14.6 Å². The highest BCUT2D eigenvalue weighted by Crippen LogP contribution is 2.29. The minimum absolute atomic E-state index is 0.00581. The SMILES string of the molecule is COc1ccc(S(=O)(=O)N2CCOCC2)cc1NC(=O)CCc1ccc(S(N)(=O)=O)cc1. The first-order chi connectivity index (χ1) is 15.1. The zero-order valence-electron chi connectivity index (χ0n) is 17.5. The molecular weight excluding hydrogens is 458 g/mol. The lowest BCUT2D eigenvalue weighted by Crippen LogP contribution is -2.40. The van der Waals surface area contributed by atoms with Gasteiger partial charge in [-0.3, -0.25) is 4.79 Å². The summed E-state index contributed by atoms with van der Waals surface area (Å²) in [5, 5.41) is 7.77. The summed E-state index contributed by atoms with van der Waals surface area (Å²) in [7, 11) is -6.08. The summed E-state index contributed by atoms with van der Waals surface area (Å²) < 4.78 is 60.3. The Bertz CT molecular complexity index is 1170. The fourth-order valence-corrected chi connectivity index (χ4v) is 5.15. The summed E-state index contributed by atoms with van der Waals surface area (Å²) in [4.78, 5) is 12.5. The summed E-state index contributed by atoms with van der Waals surface area (Å²) in [6, 6.07) is 10.2. The van der Waals surface area contributed by atoms with Crippen molar-refractivity contribution in [1.29, 1.82) is 0 Å². The number of ether oxygens (including phenoxy) is 2. The molecule has 10 nitrogen and oxygen atoms in total. The van der Waals surface area contributed by atoms with Crippen molar-refractivity contribution in [2.75, 3.05) is 38.7 Å². The monoisotopic (exact) mass is 483 g/mol. The number of primary sulfonamides is 1. The largest absolute Gasteiger partial charge is 0.495 e. The lowest BCUT2D eigenvalue weighted by molar-refractivity contribution is -0.116. The van der Waals surface area contributed by atoms with Crippen molar-refractivity contribution >= 4 is 31.6 Å². The van der Waals surface area contributed by atoms with E-state index in [1.165, 1.54) is 41.7 Å². The number of carbonyl (C=O) groups is 1. The average Bonchev–Trinajstić information content (AvgIpc) is 2.78. The number of benzene rings is 2. The van der Waals surface area contributed by atoms with Crippen molar-refractivity contribution in [2.45, 2.75) is 22.6 Å². The molecule has 0 spiro atoms. The highest BCUT2D eigenvalue weighted by molar-refractivity contribution is 7.89. The van der Waals surface area contributed by atoms with Crippen LogP contribution in [-0.2, 0) is 36.0 Å². The maximum atomic E-state index is 12.9. The zero-order chi connectivity index (χ0) is 23.4. The number of nitrogens with two attached hydrogens (primary N) is 1. The van der Waals surface area contributed by atoms with E-state index >= 15 is 0 Å². The van der Waals surface area contributed by atoms with Gasteiger partial charge in [-0.1, -0.05) is 12.1 Å². The van der Waals surface area contributed by atoms with Gasteiger partial charge in [0.15, 0.2) is 0 Å². The van der Waals surface area contributed by atoms with Crippen molar-refractivity contribution in [3.63, 3.8) is 0 Å². The first-order valence-electron chi connectivity index (χ1n) is 9.79. The van der Waals surface area contributed by atoms with Crippen LogP contribution in [0, 0.1) is 0 Å². The van der Waals surface area contributed by atoms with Gasteiger partial charge < -0.3 is 14.8 Å². The van der Waals surface area contributed by atoms with Crippen LogP contribution in [0.15, 0.2) is 52.3 Å². The Morgan fingerprint density at radius 3 is 2.28 bits per heavy atom. The molecule has 174 valence electrons. The summed E-state index contributed by atoms with van der Waals surface area (Å²) in [5.41, 5.74) is 1.000. The molecule has 2 aromatic carbocycles. The second-order valence-corrected chi connectivity index (χ2v) is 10.6. The summed E-state index contributed by atoms with van der Waals surface area (Å²) in [6.45, 7) is 1.19. The molecule has 0 atom stereocenters. The molecular formula is C20H25N3O7S2. The van der Waals surface area contributed by atoms with Gasteiger partial charge in [0.05, 0.1) is 35.8 Å². The van der Waals surface area contributed by atoms with Crippen molar-refractivity contribution < 1.29 is 31.1 Å². The fraction of sp³-hybridized carbons (Fsp3) is 0.350. The maximum absolute atomic E-state index is 12.9. The van der Waals surface area contributed by atoms with Gasteiger partial charge in [-0.05, 0) is 42.3 Å². The third-order valence-electron chi connectivity index (χ3n) is 4.95. The van der Waals surface area contributed by atoms with Crippen LogP contribution in [0.2, 0.25) is 0 Å². The summed E-state index contributed by atoms with van der Waals surface area (Å²) in [5.74, 6) is -0.0171. The van der Waals surface area contributed by atoms with Crippen molar-refractivity contribution in [1.82, 2.24) is 4.31 Å². The smallest absolute Gasteiger partial charge is 0.243 e. The third-order valence-corrected chi connectivity index (χ3v) is 7.77. The number of methoxy groups -OCH3 is 1. The third kappa shape index (κ3) is 5.84. The van der Waals surface area contributed by atoms with Gasteiger partial charge in [-0.25, -0.2) is 22.0 Å². The zero-order valence-corrected chi connectivity index (χ0v) is 19.1. The Kier molecular flexibility index (Phi) is 7.51. The van der Waals surface area contributed by atoms with Crippen LogP contribution < -0.4 is 15.2 Å². The van der Waals surface area contributed by atoms with E-state index in [1.54, 1.807) is 12.1 Å². The Labute approximate surface area is 187 Å². The quantitative estimate of drug-likeness (QED) is 0.568. The maximum Gasteiger partial charge on any atom is 0.243 e. The number of carbonyl (C=O) groups excluding carboxylic acids is 1. The molecule has 1 aliphatic rings. The van der Waals surface area contributed by atoms with Crippen LogP contribution in [0.25, 0.3) is 0 Å². The average molecular weight is 484 g/mol. The number of sulfonamides is 2. The molecule has 0 bridgehead atoms. The van der Waals surface area contributed by atoms with Crippen LogP contribution in [0.5, 0.6) is 5.75 Å². The van der Waals surface area contributed by atoms with Gasteiger partial charge >= 0.3 is 0 Å². The number of hydrogen-bond acceptors (Lipinski definition) is 7. The van der Waals surface area contributed by atoms with E-state index in [-0.39, 0.29) is 40.9 Å². The number of hydrogen-bond donors (Lipinski definition) is 2. The molecule has 2 aromatic rings. The number of rotatable bonds is 8. The van der Waals surface area contributed by atoms with E-state index in [1.807, 2.05) is 0 Å². The predicted molar refractivity (Wildman–Crippen MR) is 117 cm³/mol. The molecule has 1 saturated heterocycles. The Hall–Kier alpha value is -2.51. The highest BCUT2D eigenvalue weighted by atomic mass is 32.2. The Morgan fingerprint density at radius 1 is 1.06 bits per heavy atom.